The summed E-state index contributed by atoms with van der Waals surface area (Å²) in [6, 6.07) is 15.5. The third kappa shape index (κ3) is 3.46. The van der Waals surface area contributed by atoms with Crippen LogP contribution in [0, 0.1) is 3.57 Å². The highest BCUT2D eigenvalue weighted by Crippen LogP contribution is 2.23. The van der Waals surface area contributed by atoms with Gasteiger partial charge in [-0.3, -0.25) is 14.9 Å². The first-order valence-electron chi connectivity index (χ1n) is 8.30. The molecule has 1 N–H and O–H groups in total. The highest BCUT2D eigenvalue weighted by atomic mass is 127. The molecule has 2 aromatic carbocycles. The van der Waals surface area contributed by atoms with Crippen LogP contribution >= 0.6 is 22.6 Å². The molecule has 0 unspecified atom stereocenters. The lowest BCUT2D eigenvalue weighted by atomic mass is 10.1. The molecule has 0 spiro atoms. The Morgan fingerprint density at radius 1 is 0.929 bits per heavy atom. The van der Waals surface area contributed by atoms with E-state index in [4.69, 9.17) is 0 Å². The molecule has 138 valence electrons. The van der Waals surface area contributed by atoms with Crippen molar-refractivity contribution in [2.24, 2.45) is 0 Å². The van der Waals surface area contributed by atoms with Crippen LogP contribution in [-0.2, 0) is 9.59 Å². The number of anilines is 1. The van der Waals surface area contributed by atoms with E-state index in [-0.39, 0.29) is 5.57 Å². The molecule has 1 saturated heterocycles. The van der Waals surface area contributed by atoms with Crippen LogP contribution in [0.15, 0.2) is 72.6 Å². The molecule has 1 aromatic heterocycles. The summed E-state index contributed by atoms with van der Waals surface area (Å²) in [5, 5.41) is 6.46. The predicted molar refractivity (Wildman–Crippen MR) is 112 cm³/mol. The van der Waals surface area contributed by atoms with Crippen LogP contribution < -0.4 is 10.2 Å². The van der Waals surface area contributed by atoms with Gasteiger partial charge in [-0.15, -0.1) is 0 Å². The molecule has 8 heteroatoms. The second-order valence-electron chi connectivity index (χ2n) is 5.99. The van der Waals surface area contributed by atoms with Gasteiger partial charge in [0.15, 0.2) is 0 Å². The minimum atomic E-state index is -0.770. The van der Waals surface area contributed by atoms with Gasteiger partial charge in [0.25, 0.3) is 11.8 Å². The number of imide groups is 2. The Hall–Kier alpha value is -3.27. The van der Waals surface area contributed by atoms with Gasteiger partial charge in [-0.2, -0.15) is 5.10 Å². The van der Waals surface area contributed by atoms with Gasteiger partial charge >= 0.3 is 6.03 Å². The third-order valence-corrected chi connectivity index (χ3v) is 4.84. The topological polar surface area (TPSA) is 84.3 Å². The fraction of sp³-hybridized carbons (Fsp3) is 0. The highest BCUT2D eigenvalue weighted by molar-refractivity contribution is 14.1. The maximum absolute atomic E-state index is 12.9. The van der Waals surface area contributed by atoms with E-state index >= 15 is 0 Å². The minimum absolute atomic E-state index is 0.134. The number of amides is 4. The van der Waals surface area contributed by atoms with Crippen LogP contribution in [0.2, 0.25) is 0 Å². The van der Waals surface area contributed by atoms with Crippen molar-refractivity contribution in [3.05, 3.63) is 81.7 Å². The number of hydrogen-bond acceptors (Lipinski definition) is 4. The Balaban J connectivity index is 1.67. The molecule has 4 rings (SSSR count). The highest BCUT2D eigenvalue weighted by Gasteiger charge is 2.36. The van der Waals surface area contributed by atoms with Crippen molar-refractivity contribution < 1.29 is 14.4 Å². The fourth-order valence-electron chi connectivity index (χ4n) is 2.78. The zero-order chi connectivity index (χ0) is 19.7. The number of barbiturate groups is 1. The largest absolute Gasteiger partial charge is 0.335 e. The molecular formula is C20H13IN4O3. The van der Waals surface area contributed by atoms with Gasteiger partial charge in [0.05, 0.1) is 17.6 Å². The van der Waals surface area contributed by atoms with Crippen molar-refractivity contribution in [2.45, 2.75) is 0 Å². The number of hydrogen-bond donors (Lipinski definition) is 1. The maximum Gasteiger partial charge on any atom is 0.335 e. The van der Waals surface area contributed by atoms with Gasteiger partial charge < -0.3 is 0 Å². The van der Waals surface area contributed by atoms with E-state index in [1.807, 2.05) is 30.3 Å². The number of carbonyl (C=O) groups is 3. The van der Waals surface area contributed by atoms with Crippen molar-refractivity contribution in [3.63, 3.8) is 0 Å². The standard InChI is InChI=1S/C20H13IN4O3/c21-14-6-8-16(9-7-14)25-19(27)17(18(26)23-20(25)28)10-13-11-22-24(12-13)15-4-2-1-3-5-15/h1-12H,(H,23,26,28). The van der Waals surface area contributed by atoms with Gasteiger partial charge in [0.1, 0.15) is 5.57 Å². The summed E-state index contributed by atoms with van der Waals surface area (Å²) < 4.78 is 2.60. The van der Waals surface area contributed by atoms with Crippen LogP contribution in [0.5, 0.6) is 0 Å². The van der Waals surface area contributed by atoms with Gasteiger partial charge in [-0.05, 0) is 65.1 Å². The summed E-state index contributed by atoms with van der Waals surface area (Å²) in [4.78, 5) is 38.3. The van der Waals surface area contributed by atoms with Crippen LogP contribution in [0.4, 0.5) is 10.5 Å². The number of nitrogens with zero attached hydrogens (tertiary/aromatic N) is 3. The Morgan fingerprint density at radius 2 is 1.64 bits per heavy atom. The summed E-state index contributed by atoms with van der Waals surface area (Å²) in [6.45, 7) is 0. The Kier molecular flexibility index (Phi) is 4.78. The lowest BCUT2D eigenvalue weighted by molar-refractivity contribution is -0.122. The second-order valence-corrected chi connectivity index (χ2v) is 7.23. The van der Waals surface area contributed by atoms with E-state index in [1.54, 1.807) is 41.3 Å². The Morgan fingerprint density at radius 3 is 2.36 bits per heavy atom. The number of para-hydroxylation sites is 1. The Bertz CT molecular complexity index is 1100. The first kappa shape index (κ1) is 18.1. The van der Waals surface area contributed by atoms with Crippen molar-refractivity contribution in [1.29, 1.82) is 0 Å². The smallest absolute Gasteiger partial charge is 0.273 e. The molecule has 0 bridgehead atoms. The third-order valence-electron chi connectivity index (χ3n) is 4.12. The molecule has 1 aliphatic heterocycles. The zero-order valence-corrected chi connectivity index (χ0v) is 16.5. The van der Waals surface area contributed by atoms with Crippen LogP contribution in [0.25, 0.3) is 11.8 Å². The quantitative estimate of drug-likeness (QED) is 0.352. The van der Waals surface area contributed by atoms with E-state index < -0.39 is 17.8 Å². The number of benzene rings is 2. The summed E-state index contributed by atoms with van der Waals surface area (Å²) in [7, 11) is 0. The summed E-state index contributed by atoms with van der Waals surface area (Å²) in [5.41, 5.74) is 1.67. The molecule has 0 radical (unpaired) electrons. The van der Waals surface area contributed by atoms with E-state index in [9.17, 15) is 14.4 Å². The molecule has 4 amide bonds. The maximum atomic E-state index is 12.9. The van der Waals surface area contributed by atoms with Crippen LogP contribution in [-0.4, -0.2) is 27.6 Å². The fourth-order valence-corrected chi connectivity index (χ4v) is 3.14. The SMILES string of the molecule is O=C1NC(=O)N(c2ccc(I)cc2)C(=O)C1=Cc1cnn(-c2ccccc2)c1. The molecule has 0 saturated carbocycles. The first-order valence-corrected chi connectivity index (χ1v) is 9.38. The number of urea groups is 1. The molecule has 28 heavy (non-hydrogen) atoms. The van der Waals surface area contributed by atoms with Crippen LogP contribution in [0.1, 0.15) is 5.56 Å². The molecule has 1 fully saturated rings. The van der Waals surface area contributed by atoms with Gasteiger partial charge in [0, 0.05) is 15.3 Å². The normalized spacial score (nSPS) is 15.8. The number of rotatable bonds is 3. The monoisotopic (exact) mass is 484 g/mol. The first-order chi connectivity index (χ1) is 13.5. The molecule has 1 aliphatic rings. The lowest BCUT2D eigenvalue weighted by Crippen LogP contribution is -2.54. The van der Waals surface area contributed by atoms with E-state index in [2.05, 4.69) is 33.0 Å². The molecule has 2 heterocycles. The van der Waals surface area contributed by atoms with Crippen molar-refractivity contribution in [2.75, 3.05) is 4.90 Å². The average Bonchev–Trinajstić information content (AvgIpc) is 3.16. The van der Waals surface area contributed by atoms with Crippen LogP contribution in [0.3, 0.4) is 0 Å². The van der Waals surface area contributed by atoms with Crippen molar-refractivity contribution in [1.82, 2.24) is 15.1 Å². The average molecular weight is 484 g/mol. The predicted octanol–water partition coefficient (Wildman–Crippen LogP) is 3.14. The van der Waals surface area contributed by atoms with E-state index in [0.29, 0.717) is 11.3 Å². The molecule has 0 atom stereocenters. The summed E-state index contributed by atoms with van der Waals surface area (Å²) in [6.07, 6.45) is 4.68. The van der Waals surface area contributed by atoms with E-state index in [0.717, 1.165) is 14.2 Å². The number of halogens is 1. The molecule has 0 aliphatic carbocycles. The molecule has 7 nitrogen and oxygen atoms in total. The van der Waals surface area contributed by atoms with Crippen molar-refractivity contribution in [3.8, 4) is 5.69 Å². The number of aromatic nitrogens is 2. The minimum Gasteiger partial charge on any atom is -0.273 e. The van der Waals surface area contributed by atoms with E-state index in [1.165, 1.54) is 6.08 Å². The lowest BCUT2D eigenvalue weighted by Gasteiger charge is -2.26. The van der Waals surface area contributed by atoms with Crippen molar-refractivity contribution >= 4 is 52.2 Å². The summed E-state index contributed by atoms with van der Waals surface area (Å²) in [5.74, 6) is -1.41. The zero-order valence-electron chi connectivity index (χ0n) is 14.4. The molecular weight excluding hydrogens is 471 g/mol. The van der Waals surface area contributed by atoms with Gasteiger partial charge in [-0.25, -0.2) is 14.4 Å². The molecule has 3 aromatic rings. The Labute approximate surface area is 173 Å². The summed E-state index contributed by atoms with van der Waals surface area (Å²) >= 11 is 2.13. The van der Waals surface area contributed by atoms with Gasteiger partial charge in [-0.1, -0.05) is 18.2 Å². The number of nitrogens with one attached hydrogen (secondary N) is 1. The number of carbonyl (C=O) groups excluding carboxylic acids is 3. The van der Waals surface area contributed by atoms with Gasteiger partial charge in [0.2, 0.25) is 0 Å². The second kappa shape index (κ2) is 7.39.